The lowest BCUT2D eigenvalue weighted by molar-refractivity contribution is -0.144. The zero-order valence-electron chi connectivity index (χ0n) is 10.5. The Morgan fingerprint density at radius 3 is 2.13 bits per heavy atom. The molecule has 0 bridgehead atoms. The van der Waals surface area contributed by atoms with Crippen molar-refractivity contribution in [3.63, 3.8) is 0 Å². The number of nitrogens with one attached hydrogen (secondary N) is 1. The van der Waals surface area contributed by atoms with E-state index < -0.39 is 5.54 Å². The molecule has 0 saturated heterocycles. The van der Waals surface area contributed by atoms with Gasteiger partial charge in [-0.15, -0.1) is 0 Å². The number of hydrogen-bond donors (Lipinski definition) is 1. The molecule has 0 atom stereocenters. The largest absolute Gasteiger partial charge is 0.357 e. The predicted molar refractivity (Wildman–Crippen MR) is 60.4 cm³/mol. The number of amides is 2. The van der Waals surface area contributed by atoms with Crippen molar-refractivity contribution in [1.29, 1.82) is 0 Å². The Labute approximate surface area is 92.0 Å². The van der Waals surface area contributed by atoms with Crippen LogP contribution in [-0.4, -0.2) is 36.3 Å². The molecule has 0 aromatic carbocycles. The van der Waals surface area contributed by atoms with Gasteiger partial charge in [0.15, 0.2) is 0 Å². The van der Waals surface area contributed by atoms with Crippen molar-refractivity contribution in [2.24, 2.45) is 5.92 Å². The molecule has 4 nitrogen and oxygen atoms in total. The quantitative estimate of drug-likeness (QED) is 0.759. The first-order valence-corrected chi connectivity index (χ1v) is 5.22. The van der Waals surface area contributed by atoms with Crippen LogP contribution in [0.25, 0.3) is 0 Å². The zero-order valence-corrected chi connectivity index (χ0v) is 10.5. The lowest BCUT2D eigenvalue weighted by Crippen LogP contribution is -2.54. The first kappa shape index (κ1) is 13.9. The van der Waals surface area contributed by atoms with Crippen molar-refractivity contribution in [2.45, 2.75) is 39.7 Å². The molecular formula is C11H22N2O2. The summed E-state index contributed by atoms with van der Waals surface area (Å²) in [6.07, 6.45) is 0.469. The van der Waals surface area contributed by atoms with E-state index in [0.29, 0.717) is 12.3 Å². The Kier molecular flexibility index (Phi) is 4.78. The molecule has 0 fully saturated rings. The van der Waals surface area contributed by atoms with Crippen LogP contribution in [0.2, 0.25) is 0 Å². The molecule has 1 N–H and O–H groups in total. The van der Waals surface area contributed by atoms with Gasteiger partial charge in [-0.2, -0.15) is 0 Å². The van der Waals surface area contributed by atoms with Crippen LogP contribution in [-0.2, 0) is 9.59 Å². The third-order valence-corrected chi connectivity index (χ3v) is 2.58. The summed E-state index contributed by atoms with van der Waals surface area (Å²) in [5.74, 6) is 0.154. The summed E-state index contributed by atoms with van der Waals surface area (Å²) in [7, 11) is 3.24. The molecule has 2 amide bonds. The second-order valence-electron chi connectivity index (χ2n) is 4.69. The maximum Gasteiger partial charge on any atom is 0.245 e. The average Bonchev–Trinajstić information content (AvgIpc) is 2.13. The third kappa shape index (κ3) is 3.53. The zero-order chi connectivity index (χ0) is 12.2. The van der Waals surface area contributed by atoms with Gasteiger partial charge in [0.1, 0.15) is 5.54 Å². The van der Waals surface area contributed by atoms with Crippen LogP contribution in [0.3, 0.4) is 0 Å². The van der Waals surface area contributed by atoms with Crippen LogP contribution in [0.1, 0.15) is 34.1 Å². The van der Waals surface area contributed by atoms with E-state index in [0.717, 1.165) is 0 Å². The van der Waals surface area contributed by atoms with Crippen molar-refractivity contribution < 1.29 is 9.59 Å². The smallest absolute Gasteiger partial charge is 0.245 e. The van der Waals surface area contributed by atoms with Crippen molar-refractivity contribution in [3.05, 3.63) is 0 Å². The minimum Gasteiger partial charge on any atom is -0.357 e. The van der Waals surface area contributed by atoms with Crippen LogP contribution in [0.5, 0.6) is 0 Å². The minimum atomic E-state index is -0.791. The molecule has 0 aromatic rings. The molecule has 0 aliphatic rings. The number of likely N-dealkylation sites (N-methyl/N-ethyl adjacent to an activating group) is 2. The molecule has 4 heteroatoms. The fraction of sp³-hybridized carbons (Fsp3) is 0.818. The average molecular weight is 214 g/mol. The maximum absolute atomic E-state index is 11.8. The van der Waals surface area contributed by atoms with E-state index in [1.807, 2.05) is 13.8 Å². The van der Waals surface area contributed by atoms with Crippen LogP contribution in [0, 0.1) is 5.92 Å². The van der Waals surface area contributed by atoms with E-state index in [4.69, 9.17) is 0 Å². The molecule has 0 rings (SSSR count). The van der Waals surface area contributed by atoms with Crippen LogP contribution in [0.4, 0.5) is 0 Å². The molecule has 0 aliphatic heterocycles. The van der Waals surface area contributed by atoms with Gasteiger partial charge >= 0.3 is 0 Å². The molecule has 0 heterocycles. The number of carbonyl (C=O) groups is 2. The third-order valence-electron chi connectivity index (χ3n) is 2.58. The van der Waals surface area contributed by atoms with Crippen molar-refractivity contribution in [1.82, 2.24) is 10.2 Å². The molecule has 88 valence electrons. The Morgan fingerprint density at radius 2 is 1.80 bits per heavy atom. The molecule has 0 radical (unpaired) electrons. The Hall–Kier alpha value is -1.06. The van der Waals surface area contributed by atoms with Gasteiger partial charge in [0.25, 0.3) is 0 Å². The van der Waals surface area contributed by atoms with Crippen molar-refractivity contribution in [2.75, 3.05) is 14.1 Å². The summed E-state index contributed by atoms with van der Waals surface area (Å²) in [5, 5.41) is 2.56. The Balaban J connectivity index is 4.61. The lowest BCUT2D eigenvalue weighted by Gasteiger charge is -2.34. The van der Waals surface area contributed by atoms with Crippen LogP contribution < -0.4 is 5.32 Å². The van der Waals surface area contributed by atoms with Crippen molar-refractivity contribution in [3.8, 4) is 0 Å². The molecule has 15 heavy (non-hydrogen) atoms. The van der Waals surface area contributed by atoms with E-state index in [2.05, 4.69) is 5.32 Å². The van der Waals surface area contributed by atoms with Gasteiger partial charge in [-0.25, -0.2) is 0 Å². The molecule has 0 spiro atoms. The fourth-order valence-corrected chi connectivity index (χ4v) is 1.26. The highest BCUT2D eigenvalue weighted by Crippen LogP contribution is 2.15. The Bertz CT molecular complexity index is 247. The first-order valence-electron chi connectivity index (χ1n) is 5.22. The summed E-state index contributed by atoms with van der Waals surface area (Å²) in [6.45, 7) is 7.45. The van der Waals surface area contributed by atoms with Gasteiger partial charge < -0.3 is 10.2 Å². The molecule has 0 aromatic heterocycles. The minimum absolute atomic E-state index is 0.00130. The van der Waals surface area contributed by atoms with Gasteiger partial charge in [-0.05, 0) is 19.8 Å². The number of hydrogen-bond acceptors (Lipinski definition) is 2. The van der Waals surface area contributed by atoms with Gasteiger partial charge in [-0.3, -0.25) is 9.59 Å². The van der Waals surface area contributed by atoms with E-state index >= 15 is 0 Å². The van der Waals surface area contributed by atoms with E-state index in [1.165, 1.54) is 4.90 Å². The topological polar surface area (TPSA) is 49.4 Å². The van der Waals surface area contributed by atoms with Crippen molar-refractivity contribution >= 4 is 11.8 Å². The predicted octanol–water partition coefficient (Wildman–Crippen LogP) is 1.02. The summed E-state index contributed by atoms with van der Waals surface area (Å²) in [4.78, 5) is 24.8. The molecular weight excluding hydrogens is 192 g/mol. The lowest BCUT2D eigenvalue weighted by atomic mass is 10.0. The van der Waals surface area contributed by atoms with Gasteiger partial charge in [-0.1, -0.05) is 13.8 Å². The summed E-state index contributed by atoms with van der Waals surface area (Å²) in [5.41, 5.74) is -0.791. The summed E-state index contributed by atoms with van der Waals surface area (Å²) in [6, 6.07) is 0. The first-order chi connectivity index (χ1) is 6.73. The second kappa shape index (κ2) is 5.14. The highest BCUT2D eigenvalue weighted by atomic mass is 16.2. The van der Waals surface area contributed by atoms with E-state index in [9.17, 15) is 9.59 Å². The molecule has 0 unspecified atom stereocenters. The summed E-state index contributed by atoms with van der Waals surface area (Å²) >= 11 is 0. The van der Waals surface area contributed by atoms with Crippen LogP contribution >= 0.6 is 0 Å². The Morgan fingerprint density at radius 1 is 1.33 bits per heavy atom. The van der Waals surface area contributed by atoms with Gasteiger partial charge in [0.05, 0.1) is 0 Å². The normalized spacial score (nSPS) is 11.4. The van der Waals surface area contributed by atoms with E-state index in [1.54, 1.807) is 27.9 Å². The fourth-order valence-electron chi connectivity index (χ4n) is 1.26. The number of carbonyl (C=O) groups excluding carboxylic acids is 2. The highest BCUT2D eigenvalue weighted by molar-refractivity contribution is 5.90. The monoisotopic (exact) mass is 214 g/mol. The molecule has 0 saturated carbocycles. The number of rotatable bonds is 4. The van der Waals surface area contributed by atoms with E-state index in [-0.39, 0.29) is 11.8 Å². The van der Waals surface area contributed by atoms with Gasteiger partial charge in [0.2, 0.25) is 11.8 Å². The second-order valence-corrected chi connectivity index (χ2v) is 4.69. The number of nitrogens with zero attached hydrogens (tertiary/aromatic N) is 1. The van der Waals surface area contributed by atoms with Crippen LogP contribution in [0.15, 0.2) is 0 Å². The maximum atomic E-state index is 11.8. The van der Waals surface area contributed by atoms with Gasteiger partial charge in [0, 0.05) is 20.5 Å². The molecule has 0 aliphatic carbocycles. The summed E-state index contributed by atoms with van der Waals surface area (Å²) < 4.78 is 0. The SMILES string of the molecule is CNC(=O)C(C)(C)N(C)C(=O)CC(C)C. The highest BCUT2D eigenvalue weighted by Gasteiger charge is 2.34. The standard InChI is InChI=1S/C11H22N2O2/c1-8(2)7-9(14)13(6)11(3,4)10(15)12-5/h8H,7H2,1-6H3,(H,12,15).